The lowest BCUT2D eigenvalue weighted by atomic mass is 10.2. The third kappa shape index (κ3) is 2.49. The molecule has 1 heterocycles. The second-order valence-electron chi connectivity index (χ2n) is 4.64. The minimum Gasteiger partial charge on any atom is -0.395 e. The van der Waals surface area contributed by atoms with Crippen LogP contribution in [0.1, 0.15) is 34.9 Å². The van der Waals surface area contributed by atoms with E-state index in [2.05, 4.69) is 31.4 Å². The van der Waals surface area contributed by atoms with E-state index in [1.54, 1.807) is 0 Å². The van der Waals surface area contributed by atoms with Gasteiger partial charge in [0.05, 0.1) is 11.4 Å². The van der Waals surface area contributed by atoms with Gasteiger partial charge in [0, 0.05) is 16.1 Å². The number of carbonyl (C=O) groups is 1. The van der Waals surface area contributed by atoms with Gasteiger partial charge in [-0.2, -0.15) is 5.10 Å². The van der Waals surface area contributed by atoms with E-state index in [-0.39, 0.29) is 11.6 Å². The van der Waals surface area contributed by atoms with Gasteiger partial charge >= 0.3 is 0 Å². The van der Waals surface area contributed by atoms with Crippen molar-refractivity contribution in [1.29, 1.82) is 0 Å². The number of hydrogen-bond donors (Lipinski definition) is 3. The van der Waals surface area contributed by atoms with Crippen molar-refractivity contribution in [2.75, 3.05) is 11.1 Å². The molecule has 1 aromatic heterocycles. The lowest BCUT2D eigenvalue weighted by Gasteiger charge is -2.04. The van der Waals surface area contributed by atoms with Gasteiger partial charge in [-0.05, 0) is 31.0 Å². The van der Waals surface area contributed by atoms with Crippen molar-refractivity contribution in [2.24, 2.45) is 0 Å². The number of aromatic amines is 1. The van der Waals surface area contributed by atoms with E-state index in [1.807, 2.05) is 24.3 Å². The number of halogens is 1. The van der Waals surface area contributed by atoms with Crippen LogP contribution in [0.3, 0.4) is 0 Å². The van der Waals surface area contributed by atoms with Gasteiger partial charge in [-0.25, -0.2) is 0 Å². The van der Waals surface area contributed by atoms with Gasteiger partial charge in [-0.3, -0.25) is 9.89 Å². The first kappa shape index (κ1) is 12.2. The Morgan fingerprint density at radius 3 is 2.95 bits per heavy atom. The molecule has 2 aromatic rings. The monoisotopic (exact) mass is 320 g/mol. The number of nitrogens with one attached hydrogen (secondary N) is 2. The SMILES string of the molecule is Nc1c(C(=O)Nc2cccc(Br)c2)n[nH]c1C1CC1. The Morgan fingerprint density at radius 1 is 1.47 bits per heavy atom. The second kappa shape index (κ2) is 4.70. The minimum absolute atomic E-state index is 0.266. The molecular weight excluding hydrogens is 308 g/mol. The van der Waals surface area contributed by atoms with Crippen LogP contribution in [0.5, 0.6) is 0 Å². The number of nitrogen functional groups attached to an aromatic ring is 1. The minimum atomic E-state index is -0.293. The summed E-state index contributed by atoms with van der Waals surface area (Å²) < 4.78 is 0.902. The number of rotatable bonds is 3. The van der Waals surface area contributed by atoms with Crippen LogP contribution in [-0.4, -0.2) is 16.1 Å². The molecule has 0 unspecified atom stereocenters. The molecule has 1 saturated carbocycles. The van der Waals surface area contributed by atoms with Crippen LogP contribution >= 0.6 is 15.9 Å². The van der Waals surface area contributed by atoms with Crippen LogP contribution in [0.2, 0.25) is 0 Å². The summed E-state index contributed by atoms with van der Waals surface area (Å²) in [7, 11) is 0. The molecule has 0 radical (unpaired) electrons. The van der Waals surface area contributed by atoms with E-state index in [0.717, 1.165) is 23.0 Å². The molecule has 3 rings (SSSR count). The van der Waals surface area contributed by atoms with E-state index in [1.165, 1.54) is 0 Å². The first-order chi connectivity index (χ1) is 9.15. The Kier molecular flexibility index (Phi) is 3.02. The fourth-order valence-corrected chi connectivity index (χ4v) is 2.38. The molecule has 1 amide bonds. The predicted octanol–water partition coefficient (Wildman–Crippen LogP) is 2.88. The number of amides is 1. The van der Waals surface area contributed by atoms with E-state index in [9.17, 15) is 4.79 Å². The maximum absolute atomic E-state index is 12.1. The summed E-state index contributed by atoms with van der Waals surface area (Å²) in [4.78, 5) is 12.1. The van der Waals surface area contributed by atoms with Crippen molar-refractivity contribution in [3.8, 4) is 0 Å². The number of carbonyl (C=O) groups excluding carboxylic acids is 1. The standard InChI is InChI=1S/C13H13BrN4O/c14-8-2-1-3-9(6-8)16-13(19)12-10(15)11(17-18-12)7-4-5-7/h1-3,6-7H,4-5,15H2,(H,16,19)(H,17,18). The van der Waals surface area contributed by atoms with Gasteiger partial charge in [-0.15, -0.1) is 0 Å². The quantitative estimate of drug-likeness (QED) is 0.813. The van der Waals surface area contributed by atoms with Crippen LogP contribution in [0.4, 0.5) is 11.4 Å². The zero-order chi connectivity index (χ0) is 13.4. The Morgan fingerprint density at radius 2 is 2.26 bits per heavy atom. The Bertz CT molecular complexity index is 633. The van der Waals surface area contributed by atoms with Crippen LogP contribution in [0.25, 0.3) is 0 Å². The molecule has 6 heteroatoms. The highest BCUT2D eigenvalue weighted by molar-refractivity contribution is 9.10. The van der Waals surface area contributed by atoms with Crippen molar-refractivity contribution in [1.82, 2.24) is 10.2 Å². The maximum Gasteiger partial charge on any atom is 0.278 e. The average molecular weight is 321 g/mol. The predicted molar refractivity (Wildman–Crippen MR) is 77.1 cm³/mol. The fraction of sp³-hybridized carbons (Fsp3) is 0.231. The fourth-order valence-electron chi connectivity index (χ4n) is 1.98. The molecule has 5 nitrogen and oxygen atoms in total. The highest BCUT2D eigenvalue weighted by Gasteiger charge is 2.30. The second-order valence-corrected chi connectivity index (χ2v) is 5.55. The summed E-state index contributed by atoms with van der Waals surface area (Å²) in [5, 5.41) is 9.67. The Hall–Kier alpha value is -1.82. The molecule has 19 heavy (non-hydrogen) atoms. The van der Waals surface area contributed by atoms with E-state index in [0.29, 0.717) is 17.3 Å². The molecule has 1 aliphatic carbocycles. The number of nitrogens with zero attached hydrogens (tertiary/aromatic N) is 1. The Balaban J connectivity index is 1.80. The maximum atomic E-state index is 12.1. The van der Waals surface area contributed by atoms with Crippen LogP contribution in [0.15, 0.2) is 28.7 Å². The summed E-state index contributed by atoms with van der Waals surface area (Å²) in [5.74, 6) is 0.152. The topological polar surface area (TPSA) is 83.8 Å². The van der Waals surface area contributed by atoms with Gasteiger partial charge in [-0.1, -0.05) is 22.0 Å². The van der Waals surface area contributed by atoms with E-state index >= 15 is 0 Å². The van der Waals surface area contributed by atoms with Crippen molar-refractivity contribution >= 4 is 33.2 Å². The Labute approximate surface area is 118 Å². The summed E-state index contributed by atoms with van der Waals surface area (Å²) >= 11 is 3.36. The molecule has 0 bridgehead atoms. The molecule has 4 N–H and O–H groups in total. The van der Waals surface area contributed by atoms with Crippen LogP contribution in [-0.2, 0) is 0 Å². The number of nitrogens with two attached hydrogens (primary N) is 1. The zero-order valence-electron chi connectivity index (χ0n) is 10.1. The highest BCUT2D eigenvalue weighted by Crippen LogP contribution is 2.42. The number of benzene rings is 1. The van der Waals surface area contributed by atoms with Gasteiger partial charge < -0.3 is 11.1 Å². The number of aromatic nitrogens is 2. The van der Waals surface area contributed by atoms with Gasteiger partial charge in [0.15, 0.2) is 5.69 Å². The van der Waals surface area contributed by atoms with Crippen molar-refractivity contribution in [2.45, 2.75) is 18.8 Å². The molecular formula is C13H13BrN4O. The normalized spacial score (nSPS) is 14.4. The van der Waals surface area contributed by atoms with E-state index in [4.69, 9.17) is 5.73 Å². The van der Waals surface area contributed by atoms with Crippen molar-refractivity contribution in [3.63, 3.8) is 0 Å². The molecule has 0 saturated heterocycles. The van der Waals surface area contributed by atoms with Crippen LogP contribution in [0, 0.1) is 0 Å². The third-order valence-electron chi connectivity index (χ3n) is 3.12. The zero-order valence-corrected chi connectivity index (χ0v) is 11.7. The molecule has 1 fully saturated rings. The van der Waals surface area contributed by atoms with Crippen molar-refractivity contribution in [3.05, 3.63) is 40.1 Å². The van der Waals surface area contributed by atoms with Gasteiger partial charge in [0.2, 0.25) is 0 Å². The lowest BCUT2D eigenvalue weighted by Crippen LogP contribution is -2.14. The molecule has 1 aromatic carbocycles. The summed E-state index contributed by atoms with van der Waals surface area (Å²) in [5.41, 5.74) is 8.29. The largest absolute Gasteiger partial charge is 0.395 e. The third-order valence-corrected chi connectivity index (χ3v) is 3.61. The van der Waals surface area contributed by atoms with Crippen LogP contribution < -0.4 is 11.1 Å². The summed E-state index contributed by atoms with van der Waals surface area (Å²) in [6.45, 7) is 0. The van der Waals surface area contributed by atoms with E-state index < -0.39 is 0 Å². The summed E-state index contributed by atoms with van der Waals surface area (Å²) in [6.07, 6.45) is 2.22. The average Bonchev–Trinajstić information content (AvgIpc) is 3.13. The smallest absolute Gasteiger partial charge is 0.278 e. The summed E-state index contributed by atoms with van der Waals surface area (Å²) in [6, 6.07) is 7.38. The number of anilines is 2. The molecule has 0 atom stereocenters. The highest BCUT2D eigenvalue weighted by atomic mass is 79.9. The molecule has 98 valence electrons. The first-order valence-electron chi connectivity index (χ1n) is 6.06. The van der Waals surface area contributed by atoms with Crippen molar-refractivity contribution < 1.29 is 4.79 Å². The number of hydrogen-bond acceptors (Lipinski definition) is 3. The number of H-pyrrole nitrogens is 1. The van der Waals surface area contributed by atoms with Gasteiger partial charge in [0.25, 0.3) is 5.91 Å². The van der Waals surface area contributed by atoms with Gasteiger partial charge in [0.1, 0.15) is 0 Å². The lowest BCUT2D eigenvalue weighted by molar-refractivity contribution is 0.102. The molecule has 0 spiro atoms. The molecule has 1 aliphatic rings. The molecule has 0 aliphatic heterocycles. The first-order valence-corrected chi connectivity index (χ1v) is 6.85.